The van der Waals surface area contributed by atoms with Crippen LogP contribution in [0.4, 0.5) is 0 Å². The van der Waals surface area contributed by atoms with Gasteiger partial charge in [0, 0.05) is 6.42 Å². The number of quaternary nitrogens is 1. The first kappa shape index (κ1) is 53.9. The van der Waals surface area contributed by atoms with Crippen LogP contribution in [0.25, 0.3) is 0 Å². The molecule has 0 aromatic rings. The Morgan fingerprint density at radius 3 is 1.66 bits per heavy atom. The molecule has 3 unspecified atom stereocenters. The molecule has 0 spiro atoms. The summed E-state index contributed by atoms with van der Waals surface area (Å²) in [4.78, 5) is 25.3. The maximum Gasteiger partial charge on any atom is 0.268 e. The largest absolute Gasteiger partial charge is 0.756 e. The van der Waals surface area contributed by atoms with Gasteiger partial charge in [0.05, 0.1) is 39.9 Å². The van der Waals surface area contributed by atoms with E-state index >= 15 is 0 Å². The van der Waals surface area contributed by atoms with Crippen LogP contribution in [0.5, 0.6) is 0 Å². The highest BCUT2D eigenvalue weighted by Crippen LogP contribution is 2.38. The minimum Gasteiger partial charge on any atom is -0.756 e. The summed E-state index contributed by atoms with van der Waals surface area (Å²) in [5.41, 5.74) is 0. The molecule has 0 aliphatic rings. The number of amides is 1. The number of hydrogen-bond donors (Lipinski definition) is 2. The van der Waals surface area contributed by atoms with Gasteiger partial charge in [-0.3, -0.25) is 9.36 Å². The van der Waals surface area contributed by atoms with Gasteiger partial charge >= 0.3 is 0 Å². The lowest BCUT2D eigenvalue weighted by Gasteiger charge is -2.29. The molecule has 324 valence electrons. The normalized spacial score (nSPS) is 15.1. The number of allylic oxidation sites excluding steroid dienone is 11. The van der Waals surface area contributed by atoms with Crippen LogP contribution in [0.15, 0.2) is 72.9 Å². The van der Waals surface area contributed by atoms with Crippen molar-refractivity contribution in [3.8, 4) is 0 Å². The van der Waals surface area contributed by atoms with Crippen molar-refractivity contribution in [3.05, 3.63) is 72.9 Å². The molecule has 0 aromatic carbocycles. The Hall–Kier alpha value is -2.06. The number of likely N-dealkylation sites (N-methyl/N-ethyl adjacent to an activating group) is 1. The average Bonchev–Trinajstić information content (AvgIpc) is 3.15. The molecule has 0 aliphatic heterocycles. The van der Waals surface area contributed by atoms with E-state index in [1.807, 2.05) is 27.2 Å². The summed E-state index contributed by atoms with van der Waals surface area (Å²) < 4.78 is 23.2. The molecule has 0 saturated heterocycles. The highest BCUT2D eigenvalue weighted by Gasteiger charge is 2.23. The monoisotopic (exact) mass is 805 g/mol. The number of unbranched alkanes of at least 4 members (excludes halogenated alkanes) is 16. The lowest BCUT2D eigenvalue weighted by Crippen LogP contribution is -2.45. The van der Waals surface area contributed by atoms with Gasteiger partial charge in [0.15, 0.2) is 0 Å². The lowest BCUT2D eigenvalue weighted by atomic mass is 10.1. The van der Waals surface area contributed by atoms with Crippen molar-refractivity contribution in [1.29, 1.82) is 0 Å². The number of carbonyl (C=O) groups is 1. The van der Waals surface area contributed by atoms with Gasteiger partial charge in [0.25, 0.3) is 7.82 Å². The van der Waals surface area contributed by atoms with Crippen molar-refractivity contribution in [1.82, 2.24) is 5.32 Å². The predicted octanol–water partition coefficient (Wildman–Crippen LogP) is 11.8. The van der Waals surface area contributed by atoms with Crippen LogP contribution in [0.1, 0.15) is 168 Å². The quantitative estimate of drug-likeness (QED) is 0.0277. The first-order valence-corrected chi connectivity index (χ1v) is 23.8. The standard InChI is InChI=1S/C47H85N2O6P/c1-6-8-10-12-14-16-18-20-22-23-24-25-27-29-31-33-35-37-39-41-47(51)48-45(44-55-56(52,53)54-43-42-49(3,4)5)46(50)40-38-36-34-32-30-28-26-21-19-17-15-13-11-9-7-2/h8,10,14,16,20,22,24-25,30,32,38,40,45-46,50H,6-7,9,11-13,15,17-19,21,23,26-29,31,33-37,39,41-44H2,1-5H3,(H-,48,51,52,53)/b10-8-,16-14-,22-20-,25-24-,32-30+,40-38+. The molecule has 0 heterocycles. The summed E-state index contributed by atoms with van der Waals surface area (Å²) in [5, 5.41) is 13.7. The second kappa shape index (κ2) is 38.5. The van der Waals surface area contributed by atoms with Crippen LogP contribution in [0, 0.1) is 0 Å². The first-order chi connectivity index (χ1) is 27.0. The zero-order valence-electron chi connectivity index (χ0n) is 36.6. The molecule has 1 amide bonds. The number of hydrogen-bond acceptors (Lipinski definition) is 6. The zero-order valence-corrected chi connectivity index (χ0v) is 37.5. The maximum atomic E-state index is 12.9. The number of phosphoric acid groups is 1. The molecule has 0 radical (unpaired) electrons. The van der Waals surface area contributed by atoms with E-state index in [2.05, 4.69) is 79.9 Å². The second-order valence-corrected chi connectivity index (χ2v) is 17.4. The summed E-state index contributed by atoms with van der Waals surface area (Å²) in [5.74, 6) is -0.225. The molecule has 0 aromatic heterocycles. The van der Waals surface area contributed by atoms with Gasteiger partial charge in [0.2, 0.25) is 5.91 Å². The Labute approximate surface area is 344 Å². The fourth-order valence-electron chi connectivity index (χ4n) is 5.86. The van der Waals surface area contributed by atoms with Crippen LogP contribution < -0.4 is 10.2 Å². The Kier molecular flexibility index (Phi) is 37.0. The third-order valence-electron chi connectivity index (χ3n) is 9.40. The van der Waals surface area contributed by atoms with Gasteiger partial charge in [-0.15, -0.1) is 0 Å². The summed E-state index contributed by atoms with van der Waals surface area (Å²) in [6.45, 7) is 4.47. The van der Waals surface area contributed by atoms with Gasteiger partial charge < -0.3 is 28.8 Å². The molecule has 0 bridgehead atoms. The Morgan fingerprint density at radius 2 is 1.11 bits per heavy atom. The predicted molar refractivity (Wildman–Crippen MR) is 237 cm³/mol. The van der Waals surface area contributed by atoms with Crippen LogP contribution in [-0.2, 0) is 18.4 Å². The van der Waals surface area contributed by atoms with Crippen LogP contribution in [-0.4, -0.2) is 68.5 Å². The van der Waals surface area contributed by atoms with E-state index in [1.54, 1.807) is 6.08 Å². The third-order valence-corrected chi connectivity index (χ3v) is 10.4. The molecule has 56 heavy (non-hydrogen) atoms. The fourth-order valence-corrected chi connectivity index (χ4v) is 6.59. The van der Waals surface area contributed by atoms with Crippen molar-refractivity contribution in [2.75, 3.05) is 40.9 Å². The van der Waals surface area contributed by atoms with Gasteiger partial charge in [-0.05, 0) is 70.6 Å². The van der Waals surface area contributed by atoms with Gasteiger partial charge in [-0.25, -0.2) is 0 Å². The summed E-state index contributed by atoms with van der Waals surface area (Å²) in [6, 6.07) is -0.913. The number of carbonyl (C=O) groups excluding carboxylic acids is 1. The van der Waals surface area contributed by atoms with Crippen LogP contribution in [0.3, 0.4) is 0 Å². The summed E-state index contributed by atoms with van der Waals surface area (Å²) in [7, 11) is 1.22. The molecule has 0 fully saturated rings. The minimum atomic E-state index is -4.60. The molecule has 2 N–H and O–H groups in total. The van der Waals surface area contributed by atoms with E-state index in [4.69, 9.17) is 9.05 Å². The van der Waals surface area contributed by atoms with Crippen molar-refractivity contribution in [2.45, 2.75) is 180 Å². The highest BCUT2D eigenvalue weighted by molar-refractivity contribution is 7.45. The van der Waals surface area contributed by atoms with Crippen LogP contribution >= 0.6 is 7.82 Å². The van der Waals surface area contributed by atoms with E-state index in [0.717, 1.165) is 77.0 Å². The van der Waals surface area contributed by atoms with Crippen molar-refractivity contribution >= 4 is 13.7 Å². The number of aliphatic hydroxyl groups is 1. The lowest BCUT2D eigenvalue weighted by molar-refractivity contribution is -0.870. The molecule has 3 atom stereocenters. The van der Waals surface area contributed by atoms with E-state index < -0.39 is 26.6 Å². The van der Waals surface area contributed by atoms with E-state index in [9.17, 15) is 19.4 Å². The molecule has 0 aliphatic carbocycles. The molecule has 0 saturated carbocycles. The SMILES string of the molecule is CC/C=C\C/C=C\C/C=C\C/C=C\CCCCCCCCC(=O)NC(COP(=O)([O-])OCC[N+](C)(C)C)C(O)/C=C/CC/C=C/CCCCCCCCCCC. The van der Waals surface area contributed by atoms with E-state index in [0.29, 0.717) is 17.4 Å². The topological polar surface area (TPSA) is 108 Å². The molecule has 9 heteroatoms. The van der Waals surface area contributed by atoms with Crippen molar-refractivity contribution in [3.63, 3.8) is 0 Å². The summed E-state index contributed by atoms with van der Waals surface area (Å²) in [6.07, 6.45) is 50.9. The second-order valence-electron chi connectivity index (χ2n) is 16.0. The maximum absolute atomic E-state index is 12.9. The van der Waals surface area contributed by atoms with Gasteiger partial charge in [-0.2, -0.15) is 0 Å². The highest BCUT2D eigenvalue weighted by atomic mass is 31.2. The smallest absolute Gasteiger partial charge is 0.268 e. The Morgan fingerprint density at radius 1 is 0.643 bits per heavy atom. The number of phosphoric ester groups is 1. The van der Waals surface area contributed by atoms with Crippen molar-refractivity contribution in [2.24, 2.45) is 0 Å². The molecule has 8 nitrogen and oxygen atoms in total. The Bertz CT molecular complexity index is 1140. The minimum absolute atomic E-state index is 0.0131. The van der Waals surface area contributed by atoms with Crippen LogP contribution in [0.2, 0.25) is 0 Å². The average molecular weight is 805 g/mol. The number of aliphatic hydroxyl groups excluding tert-OH is 1. The van der Waals surface area contributed by atoms with Gasteiger partial charge in [0.1, 0.15) is 13.2 Å². The van der Waals surface area contributed by atoms with E-state index in [1.165, 1.54) is 70.6 Å². The third kappa shape index (κ3) is 40.1. The van der Waals surface area contributed by atoms with E-state index in [-0.39, 0.29) is 12.5 Å². The Balaban J connectivity index is 4.50. The van der Waals surface area contributed by atoms with Crippen molar-refractivity contribution < 1.29 is 32.9 Å². The molecular weight excluding hydrogens is 719 g/mol. The molecule has 0 rings (SSSR count). The number of rotatable bonds is 39. The van der Waals surface area contributed by atoms with Gasteiger partial charge in [-0.1, -0.05) is 164 Å². The zero-order chi connectivity index (χ0) is 41.4. The molecular formula is C47H85N2O6P. The first-order valence-electron chi connectivity index (χ1n) is 22.3. The fraction of sp³-hybridized carbons (Fsp3) is 0.723. The number of nitrogens with one attached hydrogen (secondary N) is 1. The summed E-state index contributed by atoms with van der Waals surface area (Å²) >= 11 is 0. The number of nitrogens with zero attached hydrogens (tertiary/aromatic N) is 1.